The van der Waals surface area contributed by atoms with E-state index in [1.165, 1.54) is 41.3 Å². The number of nitrogens with zero attached hydrogens (tertiary/aromatic N) is 3. The summed E-state index contributed by atoms with van der Waals surface area (Å²) in [6, 6.07) is 16.7. The molecule has 0 N–H and O–H groups in total. The minimum Gasteiger partial charge on any atom is -0.462 e. The van der Waals surface area contributed by atoms with E-state index in [-0.39, 0.29) is 11.4 Å². The standard InChI is InChI=1S/C25H28FN3OS/c26-21-5-7-22(8-6-21)31(15-16-31)23-4-2-1-3-19(23)9-14-29(31)24-27-25(18-30-24)17-28-12-10-20(25)11-13-28/h1-8,15-16,20,31H,9-14,17-18H2/t25-/m0/s1. The molecule has 0 unspecified atom stereocenters. The van der Waals surface area contributed by atoms with Gasteiger partial charge in [-0.05, 0) is 89.9 Å². The van der Waals surface area contributed by atoms with Crippen LogP contribution in [0.25, 0.3) is 0 Å². The molecule has 0 saturated carbocycles. The largest absolute Gasteiger partial charge is 0.462 e. The number of amidine groups is 1. The van der Waals surface area contributed by atoms with Crippen LogP contribution in [0.3, 0.4) is 0 Å². The van der Waals surface area contributed by atoms with Crippen LogP contribution in [0.1, 0.15) is 18.4 Å². The number of ether oxygens (including phenoxy) is 1. The van der Waals surface area contributed by atoms with Gasteiger partial charge in [-0.3, -0.25) is 4.31 Å². The lowest BCUT2D eigenvalue weighted by molar-refractivity contribution is 0.0162. The molecule has 0 aromatic heterocycles. The van der Waals surface area contributed by atoms with E-state index in [0.717, 1.165) is 25.5 Å². The van der Waals surface area contributed by atoms with Gasteiger partial charge in [0.25, 0.3) is 6.02 Å². The highest BCUT2D eigenvalue weighted by atomic mass is 32.3. The van der Waals surface area contributed by atoms with E-state index >= 15 is 0 Å². The fraction of sp³-hybridized carbons (Fsp3) is 0.400. The molecule has 0 aliphatic carbocycles. The summed E-state index contributed by atoms with van der Waals surface area (Å²) >= 11 is 0. The van der Waals surface area contributed by atoms with E-state index in [1.54, 1.807) is 12.1 Å². The molecular formula is C25H28FN3OS. The van der Waals surface area contributed by atoms with Crippen molar-refractivity contribution in [1.82, 2.24) is 9.21 Å². The van der Waals surface area contributed by atoms with Gasteiger partial charge >= 0.3 is 0 Å². The molecule has 2 bridgehead atoms. The summed E-state index contributed by atoms with van der Waals surface area (Å²) in [7, 11) is -2.87. The van der Waals surface area contributed by atoms with Crippen molar-refractivity contribution in [3.05, 3.63) is 70.7 Å². The SMILES string of the molecule is Fc1ccc([SH]23(C=C2)c2ccccc2CCN3C2=N[C@]3(CO2)CN2CCC3CC2)cc1. The summed E-state index contributed by atoms with van der Waals surface area (Å²) in [6.07, 6.45) is 3.42. The second-order valence-corrected chi connectivity index (χ2v) is 14.3. The number of hydrogen-bond acceptors (Lipinski definition) is 4. The maximum Gasteiger partial charge on any atom is 0.296 e. The molecule has 6 heteroatoms. The van der Waals surface area contributed by atoms with E-state index in [2.05, 4.69) is 44.3 Å². The molecule has 3 fully saturated rings. The second kappa shape index (κ2) is 5.93. The Labute approximate surface area is 182 Å². The molecule has 3 saturated heterocycles. The summed E-state index contributed by atoms with van der Waals surface area (Å²) < 4.78 is 22.8. The van der Waals surface area contributed by atoms with Crippen LogP contribution in [0.4, 0.5) is 4.39 Å². The van der Waals surface area contributed by atoms with Crippen LogP contribution in [0.15, 0.2) is 74.1 Å². The quantitative estimate of drug-likeness (QED) is 0.670. The Bertz CT molecular complexity index is 1130. The molecule has 2 spiro atoms. The number of rotatable bonds is 1. The molecule has 2 aromatic carbocycles. The molecule has 6 heterocycles. The fourth-order valence-corrected chi connectivity index (χ4v) is 12.2. The highest BCUT2D eigenvalue weighted by molar-refractivity contribution is 8.57. The molecule has 4 nitrogen and oxygen atoms in total. The van der Waals surface area contributed by atoms with Crippen molar-refractivity contribution in [2.24, 2.45) is 10.9 Å². The summed E-state index contributed by atoms with van der Waals surface area (Å²) in [5, 5.41) is 4.76. The van der Waals surface area contributed by atoms with Crippen LogP contribution in [-0.2, 0) is 11.2 Å². The van der Waals surface area contributed by atoms with Gasteiger partial charge < -0.3 is 9.64 Å². The minimum atomic E-state index is -2.87. The molecule has 2 aromatic rings. The molecule has 1 atom stereocenters. The van der Waals surface area contributed by atoms with Gasteiger partial charge in [0, 0.05) is 18.0 Å². The van der Waals surface area contributed by atoms with E-state index in [4.69, 9.17) is 9.73 Å². The highest BCUT2D eigenvalue weighted by Gasteiger charge is 2.60. The van der Waals surface area contributed by atoms with Crippen LogP contribution in [-0.4, -0.2) is 53.6 Å². The maximum atomic E-state index is 13.9. The Balaban J connectivity index is 1.39. The smallest absolute Gasteiger partial charge is 0.296 e. The molecular weight excluding hydrogens is 409 g/mol. The third-order valence-electron chi connectivity index (χ3n) is 8.40. The highest BCUT2D eigenvalue weighted by Crippen LogP contribution is 2.95. The molecule has 162 valence electrons. The third kappa shape index (κ3) is 2.22. The Kier molecular flexibility index (Phi) is 3.49. The van der Waals surface area contributed by atoms with E-state index in [9.17, 15) is 4.39 Å². The minimum absolute atomic E-state index is 0.0874. The van der Waals surface area contributed by atoms with Crippen LogP contribution in [0, 0.1) is 11.7 Å². The van der Waals surface area contributed by atoms with Gasteiger partial charge in [-0.2, -0.15) is 9.35 Å². The van der Waals surface area contributed by atoms with Gasteiger partial charge in [-0.25, -0.2) is 9.38 Å². The number of hydrogen-bond donors (Lipinski definition) is 1. The zero-order valence-corrected chi connectivity index (χ0v) is 18.5. The van der Waals surface area contributed by atoms with Gasteiger partial charge in [0.15, 0.2) is 0 Å². The molecule has 8 rings (SSSR count). The normalized spacial score (nSPS) is 34.7. The van der Waals surface area contributed by atoms with Gasteiger partial charge in [0.2, 0.25) is 0 Å². The van der Waals surface area contributed by atoms with E-state index in [0.29, 0.717) is 12.5 Å². The van der Waals surface area contributed by atoms with Gasteiger partial charge in [-0.1, -0.05) is 18.2 Å². The number of piperidine rings is 3. The van der Waals surface area contributed by atoms with Crippen molar-refractivity contribution < 1.29 is 9.13 Å². The Morgan fingerprint density at radius 1 is 1.00 bits per heavy atom. The van der Waals surface area contributed by atoms with Crippen LogP contribution in [0.2, 0.25) is 0 Å². The Morgan fingerprint density at radius 2 is 1.77 bits per heavy atom. The molecule has 0 radical (unpaired) electrons. The van der Waals surface area contributed by atoms with Crippen molar-refractivity contribution in [2.45, 2.75) is 34.6 Å². The fourth-order valence-electron chi connectivity index (χ4n) is 6.67. The first-order chi connectivity index (χ1) is 15.1. The van der Waals surface area contributed by atoms with Crippen LogP contribution >= 0.6 is 9.35 Å². The number of aliphatic imine (C=N–C) groups is 1. The zero-order valence-electron chi connectivity index (χ0n) is 17.6. The number of halogens is 1. The topological polar surface area (TPSA) is 28.1 Å². The lowest BCUT2D eigenvalue weighted by atomic mass is 9.74. The molecule has 31 heavy (non-hydrogen) atoms. The molecule has 0 amide bonds. The third-order valence-corrected chi connectivity index (χ3v) is 13.8. The lowest BCUT2D eigenvalue weighted by Crippen LogP contribution is -2.58. The van der Waals surface area contributed by atoms with E-state index < -0.39 is 9.35 Å². The molecule has 6 aliphatic heterocycles. The maximum absolute atomic E-state index is 13.9. The summed E-state index contributed by atoms with van der Waals surface area (Å²) in [5.74, 6) is 0.428. The van der Waals surface area contributed by atoms with Gasteiger partial charge in [-0.15, -0.1) is 0 Å². The Morgan fingerprint density at radius 3 is 2.48 bits per heavy atom. The van der Waals surface area contributed by atoms with Crippen molar-refractivity contribution >= 4 is 15.4 Å². The zero-order chi connectivity index (χ0) is 20.7. The van der Waals surface area contributed by atoms with E-state index in [1.807, 2.05) is 12.1 Å². The summed E-state index contributed by atoms with van der Waals surface area (Å²) in [6.45, 7) is 4.99. The number of benzene rings is 2. The second-order valence-electron chi connectivity index (χ2n) is 9.82. The first kappa shape index (κ1) is 18.3. The van der Waals surface area contributed by atoms with Crippen molar-refractivity contribution in [2.75, 3.05) is 32.8 Å². The van der Waals surface area contributed by atoms with Gasteiger partial charge in [0.05, 0.1) is 0 Å². The predicted octanol–water partition coefficient (Wildman–Crippen LogP) is 4.42. The first-order valence-electron chi connectivity index (χ1n) is 11.4. The van der Waals surface area contributed by atoms with Crippen LogP contribution in [0.5, 0.6) is 0 Å². The molecule has 6 aliphatic rings. The number of fused-ring (bicyclic) bond motifs is 4. The van der Waals surface area contributed by atoms with Crippen molar-refractivity contribution in [3.63, 3.8) is 0 Å². The first-order valence-corrected chi connectivity index (χ1v) is 13.8. The van der Waals surface area contributed by atoms with Gasteiger partial charge in [0.1, 0.15) is 18.0 Å². The average Bonchev–Trinajstić information content (AvgIpc) is 3.44. The van der Waals surface area contributed by atoms with Crippen molar-refractivity contribution in [3.8, 4) is 0 Å². The predicted molar refractivity (Wildman–Crippen MR) is 123 cm³/mol. The lowest BCUT2D eigenvalue weighted by Gasteiger charge is -2.59. The average molecular weight is 438 g/mol. The summed E-state index contributed by atoms with van der Waals surface area (Å²) in [5.41, 5.74) is 1.30. The van der Waals surface area contributed by atoms with Crippen molar-refractivity contribution in [1.29, 1.82) is 0 Å². The number of thiol groups is 1. The van der Waals surface area contributed by atoms with Crippen LogP contribution < -0.4 is 0 Å². The monoisotopic (exact) mass is 437 g/mol. The Hall–Kier alpha value is -2.31. The summed E-state index contributed by atoms with van der Waals surface area (Å²) in [4.78, 5) is 10.5.